The van der Waals surface area contributed by atoms with Crippen LogP contribution in [0.4, 0.5) is 0 Å². The van der Waals surface area contributed by atoms with Crippen LogP contribution in [0, 0.1) is 0 Å². The van der Waals surface area contributed by atoms with E-state index in [1.807, 2.05) is 12.5 Å². The standard InChI is InChI=1S/C9H18N4O2/c1-12-4-6-13(7-5-12)9(15)3-2-8(14)11-10/h2-7,10H2,1H3,(H,11,14). The summed E-state index contributed by atoms with van der Waals surface area (Å²) in [6.07, 6.45) is 0.411. The summed E-state index contributed by atoms with van der Waals surface area (Å²) in [7, 11) is 2.03. The molecule has 1 heterocycles. The first-order valence-electron chi connectivity index (χ1n) is 5.09. The van der Waals surface area contributed by atoms with Crippen molar-refractivity contribution in [3.8, 4) is 0 Å². The van der Waals surface area contributed by atoms with Crippen LogP contribution in [-0.4, -0.2) is 54.8 Å². The van der Waals surface area contributed by atoms with Gasteiger partial charge in [-0.2, -0.15) is 0 Å². The van der Waals surface area contributed by atoms with Crippen molar-refractivity contribution in [2.45, 2.75) is 12.8 Å². The molecule has 0 aliphatic carbocycles. The monoisotopic (exact) mass is 214 g/mol. The van der Waals surface area contributed by atoms with Gasteiger partial charge in [0.1, 0.15) is 0 Å². The second kappa shape index (κ2) is 5.67. The first kappa shape index (κ1) is 11.9. The van der Waals surface area contributed by atoms with Crippen molar-refractivity contribution in [1.29, 1.82) is 0 Å². The third-order valence-corrected chi connectivity index (χ3v) is 2.58. The van der Waals surface area contributed by atoms with E-state index in [2.05, 4.69) is 4.90 Å². The fraction of sp³-hybridized carbons (Fsp3) is 0.778. The molecule has 0 atom stereocenters. The molecule has 1 aliphatic heterocycles. The minimum atomic E-state index is -0.294. The molecule has 0 aromatic rings. The van der Waals surface area contributed by atoms with Gasteiger partial charge in [0.15, 0.2) is 0 Å². The molecule has 0 aromatic heterocycles. The van der Waals surface area contributed by atoms with Crippen molar-refractivity contribution in [3.63, 3.8) is 0 Å². The van der Waals surface area contributed by atoms with Gasteiger partial charge in [0.05, 0.1) is 0 Å². The summed E-state index contributed by atoms with van der Waals surface area (Å²) in [5.74, 6) is 4.66. The molecule has 6 heteroatoms. The Bertz CT molecular complexity index is 236. The lowest BCUT2D eigenvalue weighted by molar-refractivity contribution is -0.134. The van der Waals surface area contributed by atoms with Crippen LogP contribution in [0.3, 0.4) is 0 Å². The fourth-order valence-corrected chi connectivity index (χ4v) is 1.51. The van der Waals surface area contributed by atoms with Crippen LogP contribution in [0.1, 0.15) is 12.8 Å². The highest BCUT2D eigenvalue weighted by atomic mass is 16.2. The lowest BCUT2D eigenvalue weighted by Crippen LogP contribution is -2.47. The van der Waals surface area contributed by atoms with E-state index in [9.17, 15) is 9.59 Å². The highest BCUT2D eigenvalue weighted by Crippen LogP contribution is 2.03. The molecule has 0 unspecified atom stereocenters. The van der Waals surface area contributed by atoms with Crippen molar-refractivity contribution in [2.75, 3.05) is 33.2 Å². The van der Waals surface area contributed by atoms with E-state index in [1.165, 1.54) is 0 Å². The number of carbonyl (C=O) groups is 2. The Hall–Kier alpha value is -1.14. The number of hydrazine groups is 1. The zero-order valence-electron chi connectivity index (χ0n) is 9.03. The lowest BCUT2D eigenvalue weighted by atomic mass is 10.2. The summed E-state index contributed by atoms with van der Waals surface area (Å²) in [5, 5.41) is 0. The van der Waals surface area contributed by atoms with Crippen molar-refractivity contribution in [1.82, 2.24) is 15.2 Å². The Morgan fingerprint density at radius 1 is 1.20 bits per heavy atom. The van der Waals surface area contributed by atoms with E-state index < -0.39 is 0 Å². The molecule has 15 heavy (non-hydrogen) atoms. The maximum Gasteiger partial charge on any atom is 0.234 e. The molecule has 0 spiro atoms. The number of nitrogens with zero attached hydrogens (tertiary/aromatic N) is 2. The molecule has 6 nitrogen and oxygen atoms in total. The number of hydrogen-bond acceptors (Lipinski definition) is 4. The molecule has 1 rings (SSSR count). The van der Waals surface area contributed by atoms with Gasteiger partial charge in [0.2, 0.25) is 11.8 Å². The SMILES string of the molecule is CN1CCN(C(=O)CCC(=O)NN)CC1. The number of likely N-dealkylation sites (N-methyl/N-ethyl adjacent to an activating group) is 1. The van der Waals surface area contributed by atoms with Gasteiger partial charge in [-0.1, -0.05) is 0 Å². The van der Waals surface area contributed by atoms with Crippen molar-refractivity contribution >= 4 is 11.8 Å². The van der Waals surface area contributed by atoms with Crippen molar-refractivity contribution in [3.05, 3.63) is 0 Å². The molecule has 3 N–H and O–H groups in total. The topological polar surface area (TPSA) is 78.7 Å². The minimum Gasteiger partial charge on any atom is -0.340 e. The molecule has 0 aromatic carbocycles. The summed E-state index contributed by atoms with van der Waals surface area (Å²) in [6.45, 7) is 3.29. The summed E-state index contributed by atoms with van der Waals surface area (Å²) in [4.78, 5) is 26.4. The van der Waals surface area contributed by atoms with Gasteiger partial charge < -0.3 is 9.80 Å². The Morgan fingerprint density at radius 2 is 1.80 bits per heavy atom. The van der Waals surface area contributed by atoms with Crippen molar-refractivity contribution < 1.29 is 9.59 Å². The number of rotatable bonds is 3. The van der Waals surface area contributed by atoms with Crippen LogP contribution >= 0.6 is 0 Å². The molecular formula is C9H18N4O2. The summed E-state index contributed by atoms with van der Waals surface area (Å²) in [6, 6.07) is 0. The second-order valence-corrected chi connectivity index (χ2v) is 3.75. The van der Waals surface area contributed by atoms with E-state index in [-0.39, 0.29) is 24.7 Å². The summed E-state index contributed by atoms with van der Waals surface area (Å²) in [5.41, 5.74) is 2.01. The number of amides is 2. The first-order valence-corrected chi connectivity index (χ1v) is 5.09. The summed E-state index contributed by atoms with van der Waals surface area (Å²) >= 11 is 0. The van der Waals surface area contributed by atoms with Gasteiger partial charge in [0.25, 0.3) is 0 Å². The number of piperazine rings is 1. The summed E-state index contributed by atoms with van der Waals surface area (Å²) < 4.78 is 0. The van der Waals surface area contributed by atoms with Crippen LogP contribution < -0.4 is 11.3 Å². The molecule has 2 amide bonds. The zero-order valence-corrected chi connectivity index (χ0v) is 9.03. The minimum absolute atomic E-state index is 0.0340. The van der Waals surface area contributed by atoms with E-state index in [0.717, 1.165) is 26.2 Å². The largest absolute Gasteiger partial charge is 0.340 e. The smallest absolute Gasteiger partial charge is 0.234 e. The van der Waals surface area contributed by atoms with Gasteiger partial charge in [-0.25, -0.2) is 5.84 Å². The van der Waals surface area contributed by atoms with Crippen LogP contribution in [0.2, 0.25) is 0 Å². The fourth-order valence-electron chi connectivity index (χ4n) is 1.51. The number of carbonyl (C=O) groups excluding carboxylic acids is 2. The molecule has 86 valence electrons. The Balaban J connectivity index is 2.25. The average Bonchev–Trinajstić information content (AvgIpc) is 2.26. The Morgan fingerprint density at radius 3 is 2.33 bits per heavy atom. The highest BCUT2D eigenvalue weighted by molar-refractivity contribution is 5.83. The number of nitrogens with one attached hydrogen (secondary N) is 1. The third kappa shape index (κ3) is 3.85. The third-order valence-electron chi connectivity index (χ3n) is 2.58. The highest BCUT2D eigenvalue weighted by Gasteiger charge is 2.19. The quantitative estimate of drug-likeness (QED) is 0.341. The van der Waals surface area contributed by atoms with Gasteiger partial charge in [-0.05, 0) is 7.05 Å². The van der Waals surface area contributed by atoms with E-state index in [1.54, 1.807) is 4.90 Å². The molecule has 0 saturated carbocycles. The maximum atomic E-state index is 11.6. The Labute approximate surface area is 89.4 Å². The van der Waals surface area contributed by atoms with Crippen LogP contribution in [0.5, 0.6) is 0 Å². The van der Waals surface area contributed by atoms with E-state index in [0.29, 0.717) is 0 Å². The van der Waals surface area contributed by atoms with Gasteiger partial charge in [0, 0.05) is 39.0 Å². The first-order chi connectivity index (χ1) is 7.13. The van der Waals surface area contributed by atoms with Crippen LogP contribution in [-0.2, 0) is 9.59 Å². The average molecular weight is 214 g/mol. The molecule has 1 saturated heterocycles. The number of nitrogens with two attached hydrogens (primary N) is 1. The second-order valence-electron chi connectivity index (χ2n) is 3.75. The predicted molar refractivity (Wildman–Crippen MR) is 55.6 cm³/mol. The normalized spacial score (nSPS) is 17.6. The van der Waals surface area contributed by atoms with Gasteiger partial charge in [-0.15, -0.1) is 0 Å². The van der Waals surface area contributed by atoms with Gasteiger partial charge in [-0.3, -0.25) is 15.0 Å². The molecule has 0 radical (unpaired) electrons. The maximum absolute atomic E-state index is 11.6. The molecular weight excluding hydrogens is 196 g/mol. The molecule has 0 bridgehead atoms. The van der Waals surface area contributed by atoms with E-state index >= 15 is 0 Å². The van der Waals surface area contributed by atoms with Gasteiger partial charge >= 0.3 is 0 Å². The zero-order chi connectivity index (χ0) is 11.3. The van der Waals surface area contributed by atoms with Crippen LogP contribution in [0.15, 0.2) is 0 Å². The predicted octanol–water partition coefficient (Wildman–Crippen LogP) is -1.47. The van der Waals surface area contributed by atoms with Crippen molar-refractivity contribution in [2.24, 2.45) is 5.84 Å². The molecule has 1 fully saturated rings. The van der Waals surface area contributed by atoms with Crippen LogP contribution in [0.25, 0.3) is 0 Å². The Kier molecular flexibility index (Phi) is 4.51. The van der Waals surface area contributed by atoms with E-state index in [4.69, 9.17) is 5.84 Å². The lowest BCUT2D eigenvalue weighted by Gasteiger charge is -2.32. The number of hydrogen-bond donors (Lipinski definition) is 2. The molecule has 1 aliphatic rings.